The standard InChI is InChI=1S/C36H68N16O12S2/c1-17(46-25(55)13-45-29(58)20(8-5-11-43-35(39)40)49-30(59)21(7-3-4-10-37)48-28(57)19(38)15-65)27(56)47-22(9-6-12-44-36(41)42)31(60)50-23(14-53)32(61)52-26(18(2)54)33(62)51-24(16-66)34(63)64/h17-24,26,53-54,65-66H,3-16,37-38H2,1-2H3,(H,45,58)(H,46,55)(H,47,56)(H,48,57)(H,49,59)(H,50,60)(H,51,62)(H,52,61)(H,63,64)(H4,39,40,43)(H4,41,42,44)/t17-,18+,19-,20-,21-,22-,23-,24-,26-/m0/s1. The lowest BCUT2D eigenvalue weighted by molar-refractivity contribution is -0.142. The molecule has 0 aromatic heterocycles. The number of rotatable bonds is 33. The third kappa shape index (κ3) is 24.6. The summed E-state index contributed by atoms with van der Waals surface area (Å²) in [6, 6.07) is -11.2. The number of guanidine groups is 2. The first kappa shape index (κ1) is 60.3. The van der Waals surface area contributed by atoms with Crippen molar-refractivity contribution in [2.75, 3.05) is 44.3 Å². The molecule has 0 radical (unpaired) electrons. The van der Waals surface area contributed by atoms with Crippen LogP contribution in [0.1, 0.15) is 58.8 Å². The number of unbranched alkanes of at least 4 members (excludes halogenated alkanes) is 1. The number of nitrogens with one attached hydrogen (secondary N) is 8. The number of carbonyl (C=O) groups excluding carboxylic acids is 8. The van der Waals surface area contributed by atoms with E-state index in [0.29, 0.717) is 19.4 Å². The molecule has 0 fully saturated rings. The van der Waals surface area contributed by atoms with E-state index < -0.39 is 121 Å². The number of nitrogens with zero attached hydrogens (tertiary/aromatic N) is 2. The predicted molar refractivity (Wildman–Crippen MR) is 247 cm³/mol. The highest BCUT2D eigenvalue weighted by molar-refractivity contribution is 7.80. The topological polar surface area (TPSA) is 491 Å². The number of nitrogens with two attached hydrogens (primary N) is 6. The van der Waals surface area contributed by atoms with E-state index in [-0.39, 0.29) is 68.6 Å². The molecule has 0 aliphatic carbocycles. The molecule has 376 valence electrons. The van der Waals surface area contributed by atoms with E-state index in [1.807, 2.05) is 0 Å². The fourth-order valence-corrected chi connectivity index (χ4v) is 5.87. The maximum Gasteiger partial charge on any atom is 0.327 e. The van der Waals surface area contributed by atoms with E-state index in [9.17, 15) is 58.5 Å². The Morgan fingerprint density at radius 2 is 1.03 bits per heavy atom. The quantitative estimate of drug-likeness (QED) is 0.0126. The van der Waals surface area contributed by atoms with Crippen LogP contribution in [0.2, 0.25) is 0 Å². The van der Waals surface area contributed by atoms with Crippen LogP contribution < -0.4 is 76.9 Å². The van der Waals surface area contributed by atoms with Crippen LogP contribution >= 0.6 is 25.3 Å². The molecule has 0 aliphatic heterocycles. The van der Waals surface area contributed by atoms with E-state index in [4.69, 9.17) is 34.4 Å². The third-order valence-electron chi connectivity index (χ3n) is 9.14. The van der Waals surface area contributed by atoms with Gasteiger partial charge >= 0.3 is 5.97 Å². The van der Waals surface area contributed by atoms with E-state index >= 15 is 0 Å². The number of thiol groups is 2. The van der Waals surface area contributed by atoms with Gasteiger partial charge in [-0.15, -0.1) is 0 Å². The SMILES string of the molecule is C[C@H](NC(=O)CNC(=O)[C@H](CCCN=C(N)N)NC(=O)[C@H](CCCCN)NC(=O)[C@@H](N)CS)C(=O)N[C@@H](CCCN=C(N)N)C(=O)N[C@@H](CO)C(=O)N[C@H](C(=O)N[C@@H](CS)C(=O)O)[C@@H](C)O. The van der Waals surface area contributed by atoms with Crippen LogP contribution in [0.15, 0.2) is 9.98 Å². The van der Waals surface area contributed by atoms with Crippen molar-refractivity contribution < 1.29 is 58.5 Å². The number of carboxylic acids is 1. The summed E-state index contributed by atoms with van der Waals surface area (Å²) in [5, 5.41) is 48.1. The van der Waals surface area contributed by atoms with Crippen LogP contribution in [0.4, 0.5) is 0 Å². The summed E-state index contributed by atoms with van der Waals surface area (Å²) in [5.41, 5.74) is 32.9. The van der Waals surface area contributed by atoms with Crippen LogP contribution in [0.25, 0.3) is 0 Å². The lowest BCUT2D eigenvalue weighted by atomic mass is 10.1. The summed E-state index contributed by atoms with van der Waals surface area (Å²) in [4.78, 5) is 124. The predicted octanol–water partition coefficient (Wildman–Crippen LogP) is -8.60. The molecule has 0 unspecified atom stereocenters. The van der Waals surface area contributed by atoms with Crippen molar-refractivity contribution >= 4 is 90.4 Å². The first-order valence-electron chi connectivity index (χ1n) is 20.7. The second kappa shape index (κ2) is 32.9. The van der Waals surface area contributed by atoms with Gasteiger partial charge in [0, 0.05) is 24.6 Å². The van der Waals surface area contributed by atoms with Crippen molar-refractivity contribution in [1.29, 1.82) is 0 Å². The molecule has 8 amide bonds. The number of hydrogen-bond acceptors (Lipinski definition) is 17. The van der Waals surface area contributed by atoms with Crippen molar-refractivity contribution in [1.82, 2.24) is 42.5 Å². The van der Waals surface area contributed by atoms with E-state index in [0.717, 1.165) is 6.92 Å². The number of aliphatic imine (C=N–C) groups is 2. The van der Waals surface area contributed by atoms with Crippen LogP contribution in [0.3, 0.4) is 0 Å². The van der Waals surface area contributed by atoms with Crippen LogP contribution in [0.5, 0.6) is 0 Å². The summed E-state index contributed by atoms with van der Waals surface area (Å²) >= 11 is 7.86. The molecule has 0 aromatic carbocycles. The highest BCUT2D eigenvalue weighted by atomic mass is 32.1. The van der Waals surface area contributed by atoms with Gasteiger partial charge in [0.15, 0.2) is 11.9 Å². The van der Waals surface area contributed by atoms with Gasteiger partial charge < -0.3 is 92.3 Å². The summed E-state index contributed by atoms with van der Waals surface area (Å²) in [7, 11) is 0. The Labute approximate surface area is 392 Å². The van der Waals surface area contributed by atoms with Crippen molar-refractivity contribution in [3.8, 4) is 0 Å². The molecular weight excluding hydrogens is 913 g/mol. The van der Waals surface area contributed by atoms with Crippen molar-refractivity contribution in [2.24, 2.45) is 44.4 Å². The van der Waals surface area contributed by atoms with Crippen molar-refractivity contribution in [3.63, 3.8) is 0 Å². The summed E-state index contributed by atoms with van der Waals surface area (Å²) in [6.45, 7) is 1.04. The molecule has 0 aliphatic rings. The number of amides is 8. The zero-order chi connectivity index (χ0) is 50.5. The summed E-state index contributed by atoms with van der Waals surface area (Å²) < 4.78 is 0. The van der Waals surface area contributed by atoms with Gasteiger partial charge in [0.1, 0.15) is 42.3 Å². The Morgan fingerprint density at radius 3 is 1.48 bits per heavy atom. The minimum absolute atomic E-state index is 0.00239. The van der Waals surface area contributed by atoms with Gasteiger partial charge in [-0.25, -0.2) is 4.79 Å². The van der Waals surface area contributed by atoms with Gasteiger partial charge in [-0.2, -0.15) is 25.3 Å². The molecule has 0 saturated heterocycles. The largest absolute Gasteiger partial charge is 0.480 e. The fraction of sp³-hybridized carbons (Fsp3) is 0.694. The number of aliphatic carboxylic acids is 1. The average molecular weight is 981 g/mol. The number of carbonyl (C=O) groups is 9. The lowest BCUT2D eigenvalue weighted by Crippen LogP contribution is -2.61. The van der Waals surface area contributed by atoms with E-state index in [1.165, 1.54) is 6.92 Å². The fourth-order valence-electron chi connectivity index (χ4n) is 5.46. The Balaban J connectivity index is 5.99. The van der Waals surface area contributed by atoms with Crippen LogP contribution in [-0.4, -0.2) is 179 Å². The maximum absolute atomic E-state index is 13.5. The molecule has 30 heteroatoms. The van der Waals surface area contributed by atoms with Crippen molar-refractivity contribution in [2.45, 2.75) is 113 Å². The third-order valence-corrected chi connectivity index (χ3v) is 9.90. The summed E-state index contributed by atoms with van der Waals surface area (Å²) in [5.74, 6) is -9.53. The molecule has 0 aromatic rings. The Morgan fingerprint density at radius 1 is 0.576 bits per heavy atom. The van der Waals surface area contributed by atoms with E-state index in [1.54, 1.807) is 0 Å². The first-order valence-corrected chi connectivity index (χ1v) is 22.0. The van der Waals surface area contributed by atoms with Gasteiger partial charge in [0.25, 0.3) is 0 Å². The van der Waals surface area contributed by atoms with Gasteiger partial charge in [-0.1, -0.05) is 0 Å². The van der Waals surface area contributed by atoms with Crippen LogP contribution in [-0.2, 0) is 43.2 Å². The van der Waals surface area contributed by atoms with Crippen LogP contribution in [0, 0.1) is 0 Å². The minimum Gasteiger partial charge on any atom is -0.480 e. The highest BCUT2D eigenvalue weighted by Gasteiger charge is 2.34. The molecule has 23 N–H and O–H groups in total. The number of hydrogen-bond donors (Lipinski definition) is 19. The molecule has 66 heavy (non-hydrogen) atoms. The molecule has 0 bridgehead atoms. The van der Waals surface area contributed by atoms with Gasteiger partial charge in [0.2, 0.25) is 47.3 Å². The Hall–Kier alpha value is -5.69. The lowest BCUT2D eigenvalue weighted by Gasteiger charge is -2.26. The smallest absolute Gasteiger partial charge is 0.327 e. The Bertz CT molecular complexity index is 1690. The Kier molecular flexibility index (Phi) is 30.0. The molecule has 0 saturated carbocycles. The van der Waals surface area contributed by atoms with Gasteiger partial charge in [-0.05, 0) is 65.3 Å². The normalized spacial score (nSPS) is 14.9. The second-order valence-corrected chi connectivity index (χ2v) is 15.4. The maximum atomic E-state index is 13.5. The zero-order valence-corrected chi connectivity index (χ0v) is 38.7. The molecule has 9 atom stereocenters. The monoisotopic (exact) mass is 980 g/mol. The number of carboxylic acid groups (broad SMARTS) is 1. The number of aliphatic hydroxyl groups excluding tert-OH is 2. The first-order chi connectivity index (χ1) is 31.0. The molecule has 0 spiro atoms. The average Bonchev–Trinajstić information content (AvgIpc) is 3.25. The zero-order valence-electron chi connectivity index (χ0n) is 36.9. The minimum atomic E-state index is -1.76. The van der Waals surface area contributed by atoms with E-state index in [2.05, 4.69) is 77.8 Å². The highest BCUT2D eigenvalue weighted by Crippen LogP contribution is 2.07. The second-order valence-electron chi connectivity index (χ2n) is 14.7. The van der Waals surface area contributed by atoms with Gasteiger partial charge in [0.05, 0.1) is 25.3 Å². The molecule has 0 rings (SSSR count). The molecule has 0 heterocycles. The van der Waals surface area contributed by atoms with Crippen molar-refractivity contribution in [3.05, 3.63) is 0 Å². The summed E-state index contributed by atoms with van der Waals surface area (Å²) in [6.07, 6.45) is -0.307. The molecular formula is C36H68N16O12S2. The number of aliphatic hydroxyl groups is 2. The molecule has 28 nitrogen and oxygen atoms in total. The van der Waals surface area contributed by atoms with Gasteiger partial charge in [-0.3, -0.25) is 48.3 Å².